The Balaban J connectivity index is 2.19. The van der Waals surface area contributed by atoms with Crippen LogP contribution >= 0.6 is 11.3 Å². The predicted octanol–water partition coefficient (Wildman–Crippen LogP) is 1.90. The Kier molecular flexibility index (Phi) is 4.48. The Labute approximate surface area is 122 Å². The Morgan fingerprint density at radius 1 is 1.40 bits per heavy atom. The third-order valence-corrected chi connectivity index (χ3v) is 5.89. The Morgan fingerprint density at radius 3 is 2.50 bits per heavy atom. The van der Waals surface area contributed by atoms with E-state index in [-0.39, 0.29) is 21.9 Å². The van der Waals surface area contributed by atoms with E-state index in [1.54, 1.807) is 5.01 Å². The minimum atomic E-state index is -3.72. The minimum Gasteiger partial charge on any atom is -0.477 e. The van der Waals surface area contributed by atoms with Crippen LogP contribution in [0.15, 0.2) is 16.3 Å². The van der Waals surface area contributed by atoms with Crippen molar-refractivity contribution in [2.75, 3.05) is 0 Å². The number of hydrogen-bond donors (Lipinski definition) is 2. The number of nitrogens with one attached hydrogen (secondary N) is 1. The van der Waals surface area contributed by atoms with Gasteiger partial charge < -0.3 is 5.11 Å². The molecule has 20 heavy (non-hydrogen) atoms. The van der Waals surface area contributed by atoms with Crippen LogP contribution in [0.5, 0.6) is 0 Å². The third kappa shape index (κ3) is 3.20. The number of rotatable bonds is 4. The second-order valence-electron chi connectivity index (χ2n) is 5.08. The normalized spacial score (nSPS) is 24.7. The highest BCUT2D eigenvalue weighted by Gasteiger charge is 2.29. The summed E-state index contributed by atoms with van der Waals surface area (Å²) < 4.78 is 24.6. The van der Waals surface area contributed by atoms with Crippen LogP contribution < -0.4 is 4.83 Å². The molecule has 0 aliphatic carbocycles. The number of hydrogen-bond acceptors (Lipinski definition) is 5. The van der Waals surface area contributed by atoms with Crippen molar-refractivity contribution < 1.29 is 18.3 Å². The Morgan fingerprint density at radius 2 is 2.00 bits per heavy atom. The lowest BCUT2D eigenvalue weighted by Crippen LogP contribution is -2.53. The maximum Gasteiger partial charge on any atom is 0.345 e. The van der Waals surface area contributed by atoms with E-state index in [0.717, 1.165) is 30.6 Å². The zero-order chi connectivity index (χ0) is 14.9. The first-order valence-corrected chi connectivity index (χ1v) is 8.80. The maximum atomic E-state index is 12.3. The van der Waals surface area contributed by atoms with Gasteiger partial charge in [-0.2, -0.15) is 0 Å². The lowest BCUT2D eigenvalue weighted by atomic mass is 10.0. The van der Waals surface area contributed by atoms with Gasteiger partial charge >= 0.3 is 5.97 Å². The first-order valence-electron chi connectivity index (χ1n) is 6.44. The van der Waals surface area contributed by atoms with Crippen LogP contribution in [0.2, 0.25) is 0 Å². The number of thiophene rings is 1. The van der Waals surface area contributed by atoms with E-state index in [4.69, 9.17) is 5.11 Å². The summed E-state index contributed by atoms with van der Waals surface area (Å²) in [6.07, 6.45) is 2.97. The summed E-state index contributed by atoms with van der Waals surface area (Å²) in [5, 5.41) is 12.0. The van der Waals surface area contributed by atoms with Crippen molar-refractivity contribution >= 4 is 27.3 Å². The summed E-state index contributed by atoms with van der Waals surface area (Å²) in [5.74, 6) is -1.11. The molecule has 0 radical (unpaired) electrons. The fraction of sp³-hybridized carbons (Fsp3) is 0.583. The summed E-state index contributed by atoms with van der Waals surface area (Å²) in [6, 6.07) is 1.45. The number of carboxylic acids is 1. The van der Waals surface area contributed by atoms with Crippen LogP contribution in [-0.2, 0) is 10.0 Å². The second-order valence-corrected chi connectivity index (χ2v) is 7.65. The van der Waals surface area contributed by atoms with Gasteiger partial charge in [-0.15, -0.1) is 16.2 Å². The van der Waals surface area contributed by atoms with Gasteiger partial charge in [-0.1, -0.05) is 6.42 Å². The van der Waals surface area contributed by atoms with Crippen molar-refractivity contribution in [3.63, 3.8) is 0 Å². The number of carbonyl (C=O) groups is 1. The van der Waals surface area contributed by atoms with Gasteiger partial charge in [0, 0.05) is 17.5 Å². The van der Waals surface area contributed by atoms with Crippen LogP contribution in [0.25, 0.3) is 0 Å². The summed E-state index contributed by atoms with van der Waals surface area (Å²) in [7, 11) is -3.72. The molecule has 0 saturated carbocycles. The highest BCUT2D eigenvalue weighted by Crippen LogP contribution is 2.24. The molecule has 112 valence electrons. The van der Waals surface area contributed by atoms with E-state index in [9.17, 15) is 13.2 Å². The molecule has 6 nitrogen and oxygen atoms in total. The molecule has 1 aliphatic heterocycles. The molecular weight excluding hydrogens is 300 g/mol. The van der Waals surface area contributed by atoms with Gasteiger partial charge in [-0.25, -0.2) is 18.2 Å². The topological polar surface area (TPSA) is 86.7 Å². The molecule has 1 saturated heterocycles. The Bertz CT molecular complexity index is 586. The second kappa shape index (κ2) is 5.80. The number of aromatic carboxylic acids is 1. The van der Waals surface area contributed by atoms with Crippen LogP contribution in [0.3, 0.4) is 0 Å². The number of carboxylic acid groups (broad SMARTS) is 1. The number of sulfonamides is 1. The summed E-state index contributed by atoms with van der Waals surface area (Å²) >= 11 is 0.911. The molecule has 2 unspecified atom stereocenters. The third-order valence-electron chi connectivity index (χ3n) is 3.52. The van der Waals surface area contributed by atoms with E-state index in [0.29, 0.717) is 0 Å². The van der Waals surface area contributed by atoms with Gasteiger partial charge in [-0.3, -0.25) is 0 Å². The number of piperidine rings is 1. The van der Waals surface area contributed by atoms with E-state index in [2.05, 4.69) is 4.83 Å². The van der Waals surface area contributed by atoms with Crippen molar-refractivity contribution in [1.82, 2.24) is 9.84 Å². The molecule has 0 bridgehead atoms. The van der Waals surface area contributed by atoms with Crippen LogP contribution in [0, 0.1) is 0 Å². The van der Waals surface area contributed by atoms with E-state index < -0.39 is 16.0 Å². The van der Waals surface area contributed by atoms with Crippen LogP contribution in [-0.4, -0.2) is 36.6 Å². The van der Waals surface area contributed by atoms with Crippen molar-refractivity contribution in [1.29, 1.82) is 0 Å². The zero-order valence-corrected chi connectivity index (χ0v) is 13.0. The molecule has 0 aromatic carbocycles. The van der Waals surface area contributed by atoms with Crippen molar-refractivity contribution in [3.8, 4) is 0 Å². The molecule has 8 heteroatoms. The van der Waals surface area contributed by atoms with E-state index in [1.807, 2.05) is 13.8 Å². The number of hydrazine groups is 1. The van der Waals surface area contributed by atoms with E-state index in [1.165, 1.54) is 11.4 Å². The highest BCUT2D eigenvalue weighted by molar-refractivity contribution is 7.89. The Hall–Kier alpha value is -0.960. The molecule has 1 aliphatic rings. The zero-order valence-electron chi connectivity index (χ0n) is 11.4. The fourth-order valence-electron chi connectivity index (χ4n) is 2.36. The molecule has 1 fully saturated rings. The monoisotopic (exact) mass is 318 g/mol. The lowest BCUT2D eigenvalue weighted by molar-refractivity contribution is 0.0702. The number of nitrogens with zero attached hydrogens (tertiary/aromatic N) is 1. The molecule has 2 N–H and O–H groups in total. The molecule has 0 amide bonds. The standard InChI is InChI=1S/C12H18N2O4S2/c1-8-4-3-5-9(2)14(8)13-20(17,18)10-6-11(12(15)16)19-7-10/h6-9,13H,3-5H2,1-2H3,(H,15,16). The van der Waals surface area contributed by atoms with Crippen LogP contribution in [0.1, 0.15) is 42.8 Å². The quantitative estimate of drug-likeness (QED) is 0.885. The van der Waals surface area contributed by atoms with E-state index >= 15 is 0 Å². The van der Waals surface area contributed by atoms with Gasteiger partial charge in [0.15, 0.2) is 0 Å². The summed E-state index contributed by atoms with van der Waals surface area (Å²) in [6.45, 7) is 3.96. The van der Waals surface area contributed by atoms with Crippen molar-refractivity contribution in [2.45, 2.75) is 50.1 Å². The molecule has 2 rings (SSSR count). The summed E-state index contributed by atoms with van der Waals surface area (Å²) in [4.78, 5) is 13.4. The van der Waals surface area contributed by atoms with Gasteiger partial charge in [0.25, 0.3) is 10.0 Å². The summed E-state index contributed by atoms with van der Waals surface area (Å²) in [5.41, 5.74) is 0. The first kappa shape index (κ1) is 15.4. The highest BCUT2D eigenvalue weighted by atomic mass is 32.2. The van der Waals surface area contributed by atoms with Gasteiger partial charge in [0.05, 0.1) is 4.90 Å². The van der Waals surface area contributed by atoms with Gasteiger partial charge in [-0.05, 0) is 32.8 Å². The predicted molar refractivity (Wildman–Crippen MR) is 76.2 cm³/mol. The molecule has 2 heterocycles. The maximum absolute atomic E-state index is 12.3. The van der Waals surface area contributed by atoms with Crippen molar-refractivity contribution in [2.24, 2.45) is 0 Å². The average Bonchev–Trinajstić information content (AvgIpc) is 2.84. The SMILES string of the molecule is CC1CCCC(C)N1NS(=O)(=O)c1csc(C(=O)O)c1. The average molecular weight is 318 g/mol. The molecule has 1 aromatic heterocycles. The fourth-order valence-corrected chi connectivity index (χ4v) is 4.71. The molecular formula is C12H18N2O4S2. The molecule has 0 spiro atoms. The minimum absolute atomic E-state index is 0.00451. The van der Waals surface area contributed by atoms with Gasteiger partial charge in [0.2, 0.25) is 0 Å². The molecule has 1 aromatic rings. The van der Waals surface area contributed by atoms with Crippen molar-refractivity contribution in [3.05, 3.63) is 16.3 Å². The smallest absolute Gasteiger partial charge is 0.345 e. The lowest BCUT2D eigenvalue weighted by Gasteiger charge is -2.38. The van der Waals surface area contributed by atoms with Crippen LogP contribution in [0.4, 0.5) is 0 Å². The van der Waals surface area contributed by atoms with Gasteiger partial charge in [0.1, 0.15) is 4.88 Å². The molecule has 2 atom stereocenters. The largest absolute Gasteiger partial charge is 0.477 e. The first-order chi connectivity index (χ1) is 9.31.